The van der Waals surface area contributed by atoms with Crippen LogP contribution in [-0.4, -0.2) is 23.5 Å². The Kier molecular flexibility index (Phi) is 6.58. The van der Waals surface area contributed by atoms with E-state index in [9.17, 15) is 9.59 Å². The van der Waals surface area contributed by atoms with E-state index in [2.05, 4.69) is 46.8 Å². The molecule has 0 aliphatic heterocycles. The van der Waals surface area contributed by atoms with Gasteiger partial charge in [-0.3, -0.25) is 4.79 Å². The molecule has 0 unspecified atom stereocenters. The van der Waals surface area contributed by atoms with E-state index in [1.807, 2.05) is 0 Å². The first-order valence-corrected chi connectivity index (χ1v) is 9.40. The molecule has 0 radical (unpaired) electrons. The first-order chi connectivity index (χ1) is 14.1. The molecule has 29 heavy (non-hydrogen) atoms. The number of pyridine rings is 1. The van der Waals surface area contributed by atoms with Gasteiger partial charge in [0.1, 0.15) is 5.69 Å². The maximum Gasteiger partial charge on any atom is 0.340 e. The maximum absolute atomic E-state index is 12.5. The van der Waals surface area contributed by atoms with Crippen molar-refractivity contribution in [1.29, 1.82) is 0 Å². The second-order valence-electron chi connectivity index (χ2n) is 6.49. The number of anilines is 2. The number of carbonyl (C=O) groups is 2. The van der Waals surface area contributed by atoms with Crippen molar-refractivity contribution < 1.29 is 14.3 Å². The number of ether oxygens (including phenoxy) is 1. The van der Waals surface area contributed by atoms with Crippen molar-refractivity contribution in [2.45, 2.75) is 20.4 Å². The Morgan fingerprint density at radius 2 is 1.76 bits per heavy atom. The lowest BCUT2D eigenvalue weighted by atomic mass is 10.1. The highest BCUT2D eigenvalue weighted by Gasteiger charge is 2.15. The van der Waals surface area contributed by atoms with E-state index >= 15 is 0 Å². The van der Waals surface area contributed by atoms with Gasteiger partial charge in [0.2, 0.25) is 0 Å². The molecule has 0 aliphatic rings. The first-order valence-electron chi connectivity index (χ1n) is 9.40. The molecule has 1 amide bonds. The van der Waals surface area contributed by atoms with E-state index in [1.54, 1.807) is 49.5 Å². The molecule has 1 heterocycles. The fourth-order valence-electron chi connectivity index (χ4n) is 2.71. The number of aromatic nitrogens is 1. The zero-order chi connectivity index (χ0) is 20.6. The molecule has 6 heteroatoms. The summed E-state index contributed by atoms with van der Waals surface area (Å²) < 4.78 is 5.03. The number of nitrogens with zero attached hydrogens (tertiary/aromatic N) is 1. The molecule has 0 saturated heterocycles. The molecule has 3 rings (SSSR count). The predicted octanol–water partition coefficient (Wildman–Crippen LogP) is 4.43. The molecule has 2 N–H and O–H groups in total. The number of amides is 1. The van der Waals surface area contributed by atoms with Crippen LogP contribution < -0.4 is 10.6 Å². The largest absolute Gasteiger partial charge is 0.462 e. The number of nitrogens with one attached hydrogen (secondary N) is 2. The third-order valence-corrected chi connectivity index (χ3v) is 4.28. The molecular weight excluding hydrogens is 366 g/mol. The minimum absolute atomic E-state index is 0.254. The van der Waals surface area contributed by atoms with Crippen molar-refractivity contribution in [3.63, 3.8) is 0 Å². The Labute approximate surface area is 169 Å². The molecule has 6 nitrogen and oxygen atoms in total. The van der Waals surface area contributed by atoms with Crippen LogP contribution in [0.1, 0.15) is 38.9 Å². The minimum atomic E-state index is -0.480. The highest BCUT2D eigenvalue weighted by molar-refractivity contribution is 6.07. The van der Waals surface area contributed by atoms with E-state index in [0.29, 0.717) is 17.8 Å². The lowest BCUT2D eigenvalue weighted by Gasteiger charge is -2.11. The van der Waals surface area contributed by atoms with Crippen molar-refractivity contribution in [3.8, 4) is 0 Å². The summed E-state index contributed by atoms with van der Waals surface area (Å²) in [5.41, 5.74) is 4.14. The van der Waals surface area contributed by atoms with Gasteiger partial charge in [-0.05, 0) is 43.7 Å². The molecule has 0 aliphatic carbocycles. The average molecular weight is 389 g/mol. The quantitative estimate of drug-likeness (QED) is 0.584. The summed E-state index contributed by atoms with van der Waals surface area (Å²) >= 11 is 0. The van der Waals surface area contributed by atoms with Gasteiger partial charge in [-0.1, -0.05) is 42.0 Å². The number of esters is 1. The number of para-hydroxylation sites is 1. The minimum Gasteiger partial charge on any atom is -0.462 e. The first kappa shape index (κ1) is 20.1. The fraction of sp³-hybridized carbons (Fsp3) is 0.174. The summed E-state index contributed by atoms with van der Waals surface area (Å²) in [5.74, 6) is -0.876. The van der Waals surface area contributed by atoms with Gasteiger partial charge in [-0.15, -0.1) is 0 Å². The summed E-state index contributed by atoms with van der Waals surface area (Å²) in [6.45, 7) is 4.72. The molecule has 0 spiro atoms. The third-order valence-electron chi connectivity index (χ3n) is 4.28. The van der Waals surface area contributed by atoms with Gasteiger partial charge in [0, 0.05) is 6.54 Å². The van der Waals surface area contributed by atoms with E-state index in [1.165, 1.54) is 5.56 Å². The van der Waals surface area contributed by atoms with Gasteiger partial charge in [-0.25, -0.2) is 9.78 Å². The molecule has 2 aromatic carbocycles. The van der Waals surface area contributed by atoms with Crippen LogP contribution in [0.25, 0.3) is 0 Å². The zero-order valence-corrected chi connectivity index (χ0v) is 16.4. The smallest absolute Gasteiger partial charge is 0.340 e. The summed E-state index contributed by atoms with van der Waals surface area (Å²) in [4.78, 5) is 28.8. The van der Waals surface area contributed by atoms with E-state index in [-0.39, 0.29) is 12.3 Å². The lowest BCUT2D eigenvalue weighted by molar-refractivity contribution is 0.0527. The van der Waals surface area contributed by atoms with Crippen molar-refractivity contribution in [2.75, 3.05) is 17.2 Å². The van der Waals surface area contributed by atoms with E-state index < -0.39 is 11.9 Å². The normalized spacial score (nSPS) is 10.3. The van der Waals surface area contributed by atoms with Crippen LogP contribution in [0.15, 0.2) is 66.9 Å². The van der Waals surface area contributed by atoms with E-state index in [0.717, 1.165) is 11.3 Å². The third kappa shape index (κ3) is 5.42. The summed E-state index contributed by atoms with van der Waals surface area (Å²) in [7, 11) is 0. The number of rotatable bonds is 7. The number of hydrogen-bond donors (Lipinski definition) is 2. The van der Waals surface area contributed by atoms with Crippen molar-refractivity contribution in [3.05, 3.63) is 89.2 Å². The van der Waals surface area contributed by atoms with Crippen LogP contribution in [0.2, 0.25) is 0 Å². The number of carbonyl (C=O) groups excluding carboxylic acids is 2. The molecule has 3 aromatic rings. The highest BCUT2D eigenvalue weighted by atomic mass is 16.5. The average Bonchev–Trinajstić information content (AvgIpc) is 2.74. The summed E-state index contributed by atoms with van der Waals surface area (Å²) in [5, 5.41) is 6.00. The van der Waals surface area contributed by atoms with E-state index in [4.69, 9.17) is 4.74 Å². The van der Waals surface area contributed by atoms with Crippen LogP contribution in [0.5, 0.6) is 0 Å². The lowest BCUT2D eigenvalue weighted by Crippen LogP contribution is -2.17. The molecule has 1 aromatic heterocycles. The Morgan fingerprint density at radius 3 is 2.45 bits per heavy atom. The number of aryl methyl sites for hydroxylation is 1. The van der Waals surface area contributed by atoms with Gasteiger partial charge in [0.05, 0.1) is 29.7 Å². The predicted molar refractivity (Wildman–Crippen MR) is 113 cm³/mol. The van der Waals surface area contributed by atoms with Gasteiger partial charge in [0.25, 0.3) is 5.91 Å². The zero-order valence-electron chi connectivity index (χ0n) is 16.4. The van der Waals surface area contributed by atoms with Crippen molar-refractivity contribution >= 4 is 23.3 Å². The molecule has 0 fully saturated rings. The van der Waals surface area contributed by atoms with Crippen LogP contribution in [0.4, 0.5) is 11.4 Å². The van der Waals surface area contributed by atoms with Crippen LogP contribution >= 0.6 is 0 Å². The molecule has 0 bridgehead atoms. The Morgan fingerprint density at radius 1 is 1.00 bits per heavy atom. The standard InChI is InChI=1S/C23H23N3O3/c1-3-29-23(28)19-6-4-5-7-20(19)26-22(27)21-13-12-18(15-25-21)24-14-17-10-8-16(2)9-11-17/h4-13,15,24H,3,14H2,1-2H3,(H,26,27). The Bertz CT molecular complexity index is 983. The summed E-state index contributed by atoms with van der Waals surface area (Å²) in [6.07, 6.45) is 1.61. The number of benzene rings is 2. The Balaban J connectivity index is 1.63. The van der Waals surface area contributed by atoms with Crippen molar-refractivity contribution in [1.82, 2.24) is 4.98 Å². The maximum atomic E-state index is 12.5. The SMILES string of the molecule is CCOC(=O)c1ccccc1NC(=O)c1ccc(NCc2ccc(C)cc2)cn1. The van der Waals surface area contributed by atoms with Crippen LogP contribution in [-0.2, 0) is 11.3 Å². The molecule has 0 atom stereocenters. The molecule has 148 valence electrons. The topological polar surface area (TPSA) is 80.3 Å². The molecular formula is C23H23N3O3. The van der Waals surface area contributed by atoms with Gasteiger partial charge >= 0.3 is 5.97 Å². The van der Waals surface area contributed by atoms with Crippen LogP contribution in [0, 0.1) is 6.92 Å². The highest BCUT2D eigenvalue weighted by Crippen LogP contribution is 2.18. The van der Waals surface area contributed by atoms with Gasteiger partial charge in [-0.2, -0.15) is 0 Å². The van der Waals surface area contributed by atoms with Crippen LogP contribution in [0.3, 0.4) is 0 Å². The Hall–Kier alpha value is -3.67. The monoisotopic (exact) mass is 389 g/mol. The second-order valence-corrected chi connectivity index (χ2v) is 6.49. The van der Waals surface area contributed by atoms with Gasteiger partial charge < -0.3 is 15.4 Å². The summed E-state index contributed by atoms with van der Waals surface area (Å²) in [6, 6.07) is 18.4. The van der Waals surface area contributed by atoms with Crippen molar-refractivity contribution in [2.24, 2.45) is 0 Å². The fourth-order valence-corrected chi connectivity index (χ4v) is 2.71. The van der Waals surface area contributed by atoms with Gasteiger partial charge in [0.15, 0.2) is 0 Å². The molecule has 0 saturated carbocycles. The second kappa shape index (κ2) is 9.50. The number of hydrogen-bond acceptors (Lipinski definition) is 5.